The Balaban J connectivity index is 2.53. The number of aliphatic hydroxyl groups is 1. The third kappa shape index (κ3) is 5.75. The maximum absolute atomic E-state index is 8.64. The largest absolute Gasteiger partial charge is 0.491 e. The van der Waals surface area contributed by atoms with Gasteiger partial charge in [-0.3, -0.25) is 0 Å². The molecule has 1 aromatic rings. The van der Waals surface area contributed by atoms with Crippen LogP contribution >= 0.6 is 0 Å². The summed E-state index contributed by atoms with van der Waals surface area (Å²) in [6.07, 6.45) is 1.80. The van der Waals surface area contributed by atoms with Crippen molar-refractivity contribution in [1.29, 1.82) is 0 Å². The standard InChI is InChI=1S/C16H22O2/c1-13(2)12-14(3)18-16-9-7-15(8-10-16)6-4-5-11-17/h7-10,13-14,17H,5,11-12H2,1-3H3. The molecule has 0 spiro atoms. The molecule has 2 nitrogen and oxygen atoms in total. The second-order valence-corrected chi connectivity index (χ2v) is 4.86. The van der Waals surface area contributed by atoms with E-state index in [1.165, 1.54) is 0 Å². The van der Waals surface area contributed by atoms with Crippen LogP contribution in [-0.2, 0) is 0 Å². The average molecular weight is 246 g/mol. The van der Waals surface area contributed by atoms with E-state index >= 15 is 0 Å². The Morgan fingerprint density at radius 3 is 2.39 bits per heavy atom. The van der Waals surface area contributed by atoms with Gasteiger partial charge in [0.1, 0.15) is 5.75 Å². The fourth-order valence-corrected chi connectivity index (χ4v) is 1.78. The predicted octanol–water partition coefficient (Wildman–Crippen LogP) is 3.23. The first-order valence-electron chi connectivity index (χ1n) is 6.48. The lowest BCUT2D eigenvalue weighted by Crippen LogP contribution is -2.14. The van der Waals surface area contributed by atoms with Crippen LogP contribution in [0.15, 0.2) is 24.3 Å². The van der Waals surface area contributed by atoms with Gasteiger partial charge in [-0.05, 0) is 43.5 Å². The van der Waals surface area contributed by atoms with Gasteiger partial charge in [-0.1, -0.05) is 25.7 Å². The van der Waals surface area contributed by atoms with Crippen LogP contribution in [0.5, 0.6) is 5.75 Å². The molecule has 0 saturated carbocycles. The molecule has 0 heterocycles. The Hall–Kier alpha value is -1.46. The second kappa shape index (κ2) is 7.79. The molecule has 0 fully saturated rings. The lowest BCUT2D eigenvalue weighted by atomic mass is 10.1. The minimum atomic E-state index is 0.112. The highest BCUT2D eigenvalue weighted by atomic mass is 16.5. The first-order valence-corrected chi connectivity index (χ1v) is 6.48. The van der Waals surface area contributed by atoms with E-state index in [4.69, 9.17) is 9.84 Å². The number of ether oxygens (including phenoxy) is 1. The summed E-state index contributed by atoms with van der Waals surface area (Å²) in [7, 11) is 0. The van der Waals surface area contributed by atoms with Gasteiger partial charge in [0.15, 0.2) is 0 Å². The Morgan fingerprint density at radius 1 is 1.17 bits per heavy atom. The summed E-state index contributed by atoms with van der Waals surface area (Å²) in [5.41, 5.74) is 0.951. The molecule has 0 aromatic heterocycles. The van der Waals surface area contributed by atoms with Crippen molar-refractivity contribution in [1.82, 2.24) is 0 Å². The normalized spacial score (nSPS) is 11.8. The van der Waals surface area contributed by atoms with Gasteiger partial charge in [-0.2, -0.15) is 0 Å². The van der Waals surface area contributed by atoms with E-state index in [-0.39, 0.29) is 12.7 Å². The van der Waals surface area contributed by atoms with Crippen molar-refractivity contribution in [2.24, 2.45) is 5.92 Å². The van der Waals surface area contributed by atoms with Crippen molar-refractivity contribution in [2.75, 3.05) is 6.61 Å². The molecule has 18 heavy (non-hydrogen) atoms. The minimum Gasteiger partial charge on any atom is -0.491 e. The fourth-order valence-electron chi connectivity index (χ4n) is 1.78. The monoisotopic (exact) mass is 246 g/mol. The summed E-state index contributed by atoms with van der Waals surface area (Å²) in [6, 6.07) is 7.78. The van der Waals surface area contributed by atoms with E-state index in [0.29, 0.717) is 12.3 Å². The SMILES string of the molecule is CC(C)CC(C)Oc1ccc(C#CCCO)cc1. The maximum Gasteiger partial charge on any atom is 0.119 e. The van der Waals surface area contributed by atoms with Gasteiger partial charge in [-0.25, -0.2) is 0 Å². The highest BCUT2D eigenvalue weighted by Crippen LogP contribution is 2.16. The molecule has 0 bridgehead atoms. The summed E-state index contributed by atoms with van der Waals surface area (Å²) in [6.45, 7) is 6.59. The van der Waals surface area contributed by atoms with E-state index in [2.05, 4.69) is 32.6 Å². The number of hydrogen-bond acceptors (Lipinski definition) is 2. The summed E-state index contributed by atoms with van der Waals surface area (Å²) in [5.74, 6) is 7.42. The third-order valence-corrected chi connectivity index (χ3v) is 2.46. The fraction of sp³-hybridized carbons (Fsp3) is 0.500. The lowest BCUT2D eigenvalue weighted by Gasteiger charge is -2.16. The summed E-state index contributed by atoms with van der Waals surface area (Å²) >= 11 is 0. The van der Waals surface area contributed by atoms with Gasteiger partial charge in [0, 0.05) is 12.0 Å². The number of rotatable bonds is 5. The van der Waals surface area contributed by atoms with Crippen molar-refractivity contribution in [2.45, 2.75) is 39.7 Å². The summed E-state index contributed by atoms with van der Waals surface area (Å²) < 4.78 is 5.82. The maximum atomic E-state index is 8.64. The van der Waals surface area contributed by atoms with E-state index in [1.807, 2.05) is 24.3 Å². The zero-order valence-corrected chi connectivity index (χ0v) is 11.4. The molecule has 1 rings (SSSR count). The van der Waals surface area contributed by atoms with Crippen molar-refractivity contribution in [3.8, 4) is 17.6 Å². The van der Waals surface area contributed by atoms with Crippen LogP contribution in [-0.4, -0.2) is 17.8 Å². The van der Waals surface area contributed by atoms with Crippen molar-refractivity contribution < 1.29 is 9.84 Å². The van der Waals surface area contributed by atoms with Crippen molar-refractivity contribution in [3.05, 3.63) is 29.8 Å². The second-order valence-electron chi connectivity index (χ2n) is 4.86. The molecule has 98 valence electrons. The third-order valence-electron chi connectivity index (χ3n) is 2.46. The molecular formula is C16H22O2. The summed E-state index contributed by atoms with van der Waals surface area (Å²) in [5, 5.41) is 8.64. The molecule has 1 aromatic carbocycles. The van der Waals surface area contributed by atoms with E-state index in [1.54, 1.807) is 0 Å². The average Bonchev–Trinajstić information content (AvgIpc) is 2.30. The number of aliphatic hydroxyl groups excluding tert-OH is 1. The van der Waals surface area contributed by atoms with E-state index in [0.717, 1.165) is 17.7 Å². The zero-order chi connectivity index (χ0) is 13.4. The molecule has 1 N–H and O–H groups in total. The molecule has 0 aliphatic carbocycles. The van der Waals surface area contributed by atoms with Crippen LogP contribution in [0.25, 0.3) is 0 Å². The molecule has 1 unspecified atom stereocenters. The van der Waals surface area contributed by atoms with Gasteiger partial charge in [0.05, 0.1) is 12.7 Å². The van der Waals surface area contributed by atoms with Crippen LogP contribution < -0.4 is 4.74 Å². The quantitative estimate of drug-likeness (QED) is 0.808. The Bertz CT molecular complexity index is 395. The highest BCUT2D eigenvalue weighted by Gasteiger charge is 2.06. The Labute approximate surface area is 110 Å². The number of hydrogen-bond donors (Lipinski definition) is 1. The first-order chi connectivity index (χ1) is 8.61. The van der Waals surface area contributed by atoms with Gasteiger partial charge in [0.25, 0.3) is 0 Å². The topological polar surface area (TPSA) is 29.5 Å². The molecule has 0 aliphatic heterocycles. The molecule has 1 atom stereocenters. The van der Waals surface area contributed by atoms with Crippen LogP contribution in [0.4, 0.5) is 0 Å². The minimum absolute atomic E-state index is 0.112. The van der Waals surface area contributed by atoms with Crippen LogP contribution in [0.2, 0.25) is 0 Å². The zero-order valence-electron chi connectivity index (χ0n) is 11.4. The van der Waals surface area contributed by atoms with Crippen LogP contribution in [0.3, 0.4) is 0 Å². The molecule has 0 saturated heterocycles. The molecule has 0 amide bonds. The first kappa shape index (κ1) is 14.6. The Morgan fingerprint density at radius 2 is 1.83 bits per heavy atom. The molecule has 2 heteroatoms. The van der Waals surface area contributed by atoms with Gasteiger partial charge in [-0.15, -0.1) is 0 Å². The van der Waals surface area contributed by atoms with Crippen molar-refractivity contribution >= 4 is 0 Å². The predicted molar refractivity (Wildman–Crippen MR) is 74.6 cm³/mol. The van der Waals surface area contributed by atoms with E-state index in [9.17, 15) is 0 Å². The molecule has 0 radical (unpaired) electrons. The van der Waals surface area contributed by atoms with E-state index < -0.39 is 0 Å². The highest BCUT2D eigenvalue weighted by molar-refractivity contribution is 5.38. The van der Waals surface area contributed by atoms with Crippen LogP contribution in [0.1, 0.15) is 39.2 Å². The van der Waals surface area contributed by atoms with Gasteiger partial charge < -0.3 is 9.84 Å². The smallest absolute Gasteiger partial charge is 0.119 e. The van der Waals surface area contributed by atoms with Crippen molar-refractivity contribution in [3.63, 3.8) is 0 Å². The lowest BCUT2D eigenvalue weighted by molar-refractivity contribution is 0.193. The van der Waals surface area contributed by atoms with Gasteiger partial charge >= 0.3 is 0 Å². The van der Waals surface area contributed by atoms with Crippen LogP contribution in [0, 0.1) is 17.8 Å². The van der Waals surface area contributed by atoms with Gasteiger partial charge in [0.2, 0.25) is 0 Å². The Kier molecular flexibility index (Phi) is 6.32. The molecule has 0 aliphatic rings. The molecular weight excluding hydrogens is 224 g/mol. The summed E-state index contributed by atoms with van der Waals surface area (Å²) in [4.78, 5) is 0. The number of benzene rings is 1.